The summed E-state index contributed by atoms with van der Waals surface area (Å²) in [5, 5.41) is 3.09. The second-order valence-electron chi connectivity index (χ2n) is 6.37. The number of alkyl halides is 3. The number of nitrogens with zero attached hydrogens (tertiary/aromatic N) is 3. The van der Waals surface area contributed by atoms with E-state index in [9.17, 15) is 18.0 Å². The Morgan fingerprint density at radius 3 is 2.50 bits per heavy atom. The van der Waals surface area contributed by atoms with E-state index in [2.05, 4.69) is 24.2 Å². The number of amides is 1. The molecule has 1 amide bonds. The Hall–Kier alpha value is -1.47. The molecule has 0 spiro atoms. The van der Waals surface area contributed by atoms with Gasteiger partial charge in [-0.25, -0.2) is 4.99 Å². The van der Waals surface area contributed by atoms with Gasteiger partial charge in [0.15, 0.2) is 5.96 Å². The van der Waals surface area contributed by atoms with E-state index < -0.39 is 18.6 Å². The van der Waals surface area contributed by atoms with Crippen LogP contribution in [0.3, 0.4) is 0 Å². The lowest BCUT2D eigenvalue weighted by Crippen LogP contribution is -2.42. The molecule has 0 radical (unpaired) electrons. The van der Waals surface area contributed by atoms with Gasteiger partial charge in [-0.1, -0.05) is 13.8 Å². The van der Waals surface area contributed by atoms with Crippen molar-refractivity contribution in [2.75, 3.05) is 39.8 Å². The molecule has 0 aromatic carbocycles. The number of likely N-dealkylation sites (tertiary alicyclic amines) is 1. The number of halogens is 3. The molecule has 0 unspecified atom stereocenters. The number of rotatable bonds is 4. The van der Waals surface area contributed by atoms with Crippen LogP contribution in [0.5, 0.6) is 0 Å². The van der Waals surface area contributed by atoms with Crippen LogP contribution in [0.2, 0.25) is 0 Å². The Morgan fingerprint density at radius 2 is 2.05 bits per heavy atom. The van der Waals surface area contributed by atoms with Crippen molar-refractivity contribution >= 4 is 11.9 Å². The van der Waals surface area contributed by atoms with Gasteiger partial charge in [-0.2, -0.15) is 13.2 Å². The Kier molecular flexibility index (Phi) is 6.08. The molecule has 8 heteroatoms. The highest BCUT2D eigenvalue weighted by molar-refractivity contribution is 5.85. The summed E-state index contributed by atoms with van der Waals surface area (Å²) in [6.07, 6.45) is -3.38. The highest BCUT2D eigenvalue weighted by Gasteiger charge is 2.32. The number of guanidine groups is 1. The summed E-state index contributed by atoms with van der Waals surface area (Å²) in [6, 6.07) is 0. The van der Waals surface area contributed by atoms with Crippen LogP contribution in [0, 0.1) is 5.41 Å². The molecule has 22 heavy (non-hydrogen) atoms. The molecule has 0 aromatic heterocycles. The predicted molar refractivity (Wildman–Crippen MR) is 79.6 cm³/mol. The summed E-state index contributed by atoms with van der Waals surface area (Å²) in [5.74, 6) is -0.0620. The molecule has 0 bridgehead atoms. The first-order valence-corrected chi connectivity index (χ1v) is 7.38. The van der Waals surface area contributed by atoms with Crippen molar-refractivity contribution in [3.8, 4) is 0 Å². The summed E-state index contributed by atoms with van der Waals surface area (Å²) in [4.78, 5) is 18.6. The van der Waals surface area contributed by atoms with Crippen LogP contribution in [0.25, 0.3) is 0 Å². The topological polar surface area (TPSA) is 47.9 Å². The van der Waals surface area contributed by atoms with E-state index in [-0.39, 0.29) is 12.0 Å². The fraction of sp³-hybridized carbons (Fsp3) is 0.857. The van der Waals surface area contributed by atoms with E-state index in [1.807, 2.05) is 11.8 Å². The second-order valence-corrected chi connectivity index (χ2v) is 6.37. The van der Waals surface area contributed by atoms with Crippen molar-refractivity contribution in [2.24, 2.45) is 10.4 Å². The summed E-state index contributed by atoms with van der Waals surface area (Å²) in [7, 11) is 1.14. The Bertz CT molecular complexity index is 421. The molecule has 1 saturated heterocycles. The van der Waals surface area contributed by atoms with Crippen molar-refractivity contribution in [1.29, 1.82) is 0 Å². The molecule has 1 rings (SSSR count). The SMILES string of the molecule is CCNC(=NCC(=O)N(C)CC(F)(F)F)N1CCC(C)(C)C1. The van der Waals surface area contributed by atoms with Gasteiger partial charge in [-0.15, -0.1) is 0 Å². The fourth-order valence-electron chi connectivity index (χ4n) is 2.34. The summed E-state index contributed by atoms with van der Waals surface area (Å²) in [6.45, 7) is 6.95. The lowest BCUT2D eigenvalue weighted by atomic mass is 9.93. The molecule has 1 fully saturated rings. The Morgan fingerprint density at radius 1 is 1.41 bits per heavy atom. The van der Waals surface area contributed by atoms with Gasteiger partial charge < -0.3 is 15.1 Å². The smallest absolute Gasteiger partial charge is 0.357 e. The first-order chi connectivity index (χ1) is 10.0. The zero-order valence-electron chi connectivity index (χ0n) is 13.6. The van der Waals surface area contributed by atoms with Crippen LogP contribution in [0.15, 0.2) is 4.99 Å². The standard InChI is InChI=1S/C14H25F3N4O/c1-5-18-12(21-7-6-13(2,3)9-21)19-8-11(22)20(4)10-14(15,16)17/h5-10H2,1-4H3,(H,18,19). The van der Waals surface area contributed by atoms with Crippen LogP contribution in [0.1, 0.15) is 27.2 Å². The molecule has 5 nitrogen and oxygen atoms in total. The number of nitrogens with one attached hydrogen (secondary N) is 1. The van der Waals surface area contributed by atoms with Gasteiger partial charge in [0.2, 0.25) is 5.91 Å². The van der Waals surface area contributed by atoms with Crippen LogP contribution in [0.4, 0.5) is 13.2 Å². The molecule has 0 saturated carbocycles. The lowest BCUT2D eigenvalue weighted by Gasteiger charge is -2.24. The molecular weight excluding hydrogens is 297 g/mol. The number of aliphatic imine (C=N–C) groups is 1. The first-order valence-electron chi connectivity index (χ1n) is 7.38. The number of carbonyl (C=O) groups is 1. The van der Waals surface area contributed by atoms with E-state index in [1.165, 1.54) is 0 Å². The normalized spacial score (nSPS) is 18.5. The van der Waals surface area contributed by atoms with Crippen molar-refractivity contribution in [1.82, 2.24) is 15.1 Å². The van der Waals surface area contributed by atoms with E-state index >= 15 is 0 Å². The third-order valence-corrected chi connectivity index (χ3v) is 3.52. The van der Waals surface area contributed by atoms with Gasteiger partial charge in [0.1, 0.15) is 13.1 Å². The minimum absolute atomic E-state index is 0.174. The van der Waals surface area contributed by atoms with Crippen LogP contribution < -0.4 is 5.32 Å². The first kappa shape index (κ1) is 18.6. The van der Waals surface area contributed by atoms with Gasteiger partial charge >= 0.3 is 6.18 Å². The molecule has 1 heterocycles. The molecule has 0 atom stereocenters. The molecule has 128 valence electrons. The maximum absolute atomic E-state index is 12.3. The van der Waals surface area contributed by atoms with Crippen molar-refractivity contribution in [2.45, 2.75) is 33.4 Å². The number of likely N-dealkylation sites (N-methyl/N-ethyl adjacent to an activating group) is 1. The maximum atomic E-state index is 12.3. The minimum Gasteiger partial charge on any atom is -0.357 e. The average molecular weight is 322 g/mol. The Balaban J connectivity index is 2.64. The zero-order chi connectivity index (χ0) is 17.0. The predicted octanol–water partition coefficient (Wildman–Crippen LogP) is 1.70. The molecule has 0 aromatic rings. The summed E-state index contributed by atoms with van der Waals surface area (Å²) in [5.41, 5.74) is 0.174. The van der Waals surface area contributed by atoms with Crippen molar-refractivity contribution in [3.05, 3.63) is 0 Å². The lowest BCUT2D eigenvalue weighted by molar-refractivity contribution is -0.157. The van der Waals surface area contributed by atoms with Gasteiger partial charge in [0, 0.05) is 26.7 Å². The summed E-state index contributed by atoms with van der Waals surface area (Å²) >= 11 is 0. The van der Waals surface area contributed by atoms with Gasteiger partial charge in [-0.3, -0.25) is 4.79 Å². The molecule has 0 aliphatic carbocycles. The van der Waals surface area contributed by atoms with Crippen LogP contribution in [-0.2, 0) is 4.79 Å². The number of carbonyl (C=O) groups excluding carboxylic acids is 1. The Labute approximate surface area is 129 Å². The number of hydrogen-bond acceptors (Lipinski definition) is 2. The quantitative estimate of drug-likeness (QED) is 0.633. The van der Waals surface area contributed by atoms with Crippen LogP contribution in [-0.4, -0.2) is 67.6 Å². The molecular formula is C14H25F3N4O. The van der Waals surface area contributed by atoms with Gasteiger partial charge in [0.25, 0.3) is 0 Å². The minimum atomic E-state index is -4.39. The summed E-state index contributed by atoms with van der Waals surface area (Å²) < 4.78 is 36.8. The van der Waals surface area contributed by atoms with Gasteiger partial charge in [-0.05, 0) is 18.8 Å². The third-order valence-electron chi connectivity index (χ3n) is 3.52. The fourth-order valence-corrected chi connectivity index (χ4v) is 2.34. The van der Waals surface area contributed by atoms with Crippen molar-refractivity contribution < 1.29 is 18.0 Å². The van der Waals surface area contributed by atoms with E-state index in [0.29, 0.717) is 17.4 Å². The molecule has 1 aliphatic rings. The maximum Gasteiger partial charge on any atom is 0.406 e. The highest BCUT2D eigenvalue weighted by atomic mass is 19.4. The molecule has 1 aliphatic heterocycles. The van der Waals surface area contributed by atoms with Crippen molar-refractivity contribution in [3.63, 3.8) is 0 Å². The van der Waals surface area contributed by atoms with E-state index in [0.717, 1.165) is 26.6 Å². The zero-order valence-corrected chi connectivity index (χ0v) is 13.6. The van der Waals surface area contributed by atoms with E-state index in [4.69, 9.17) is 0 Å². The van der Waals surface area contributed by atoms with Gasteiger partial charge in [0.05, 0.1) is 0 Å². The molecule has 1 N–H and O–H groups in total. The third kappa shape index (κ3) is 6.11. The second kappa shape index (κ2) is 7.19. The monoisotopic (exact) mass is 322 g/mol. The average Bonchev–Trinajstić information content (AvgIpc) is 2.72. The van der Waals surface area contributed by atoms with Crippen LogP contribution >= 0.6 is 0 Å². The largest absolute Gasteiger partial charge is 0.406 e. The number of hydrogen-bond donors (Lipinski definition) is 1. The van der Waals surface area contributed by atoms with E-state index in [1.54, 1.807) is 0 Å². The highest BCUT2D eigenvalue weighted by Crippen LogP contribution is 2.28.